The summed E-state index contributed by atoms with van der Waals surface area (Å²) in [4.78, 5) is 27.0. The van der Waals surface area contributed by atoms with Crippen LogP contribution in [0, 0.1) is 6.92 Å². The highest BCUT2D eigenvalue weighted by atomic mass is 79.9. The zero-order chi connectivity index (χ0) is 18.4. The van der Waals surface area contributed by atoms with Crippen LogP contribution in [0.5, 0.6) is 5.75 Å². The van der Waals surface area contributed by atoms with Gasteiger partial charge in [-0.05, 0) is 42.8 Å². The fourth-order valence-corrected chi connectivity index (χ4v) is 3.40. The molecule has 0 unspecified atom stereocenters. The van der Waals surface area contributed by atoms with E-state index in [0.29, 0.717) is 11.4 Å². The highest BCUT2D eigenvalue weighted by Crippen LogP contribution is 2.36. The fraction of sp³-hybridized carbons (Fsp3) is 0.222. The van der Waals surface area contributed by atoms with E-state index in [1.807, 2.05) is 25.1 Å². The summed E-state index contributed by atoms with van der Waals surface area (Å²) < 4.78 is 6.15. The average molecular weight is 415 g/mol. The first-order chi connectivity index (χ1) is 12.5. The number of carbonyl (C=O) groups is 2. The summed E-state index contributed by atoms with van der Waals surface area (Å²) in [6.45, 7) is 1.95. The van der Waals surface area contributed by atoms with Crippen molar-refractivity contribution in [1.82, 2.24) is 0 Å². The maximum absolute atomic E-state index is 13.0. The summed E-state index contributed by atoms with van der Waals surface area (Å²) in [6.07, 6.45) is 0. The van der Waals surface area contributed by atoms with E-state index in [4.69, 9.17) is 4.74 Å². The molecule has 2 amide bonds. The van der Waals surface area contributed by atoms with Crippen molar-refractivity contribution in [2.75, 3.05) is 17.0 Å². The molecule has 8 heteroatoms. The Balaban J connectivity index is 1.70. The van der Waals surface area contributed by atoms with Gasteiger partial charge >= 0.3 is 0 Å². The number of ether oxygens (including phenoxy) is 1. The van der Waals surface area contributed by atoms with Crippen LogP contribution in [-0.2, 0) is 9.59 Å². The van der Waals surface area contributed by atoms with Crippen LogP contribution in [0.1, 0.15) is 5.56 Å². The van der Waals surface area contributed by atoms with Crippen molar-refractivity contribution in [2.45, 2.75) is 19.0 Å². The Morgan fingerprint density at radius 1 is 1.08 bits per heavy atom. The number of methoxy groups -OCH3 is 1. The third-order valence-electron chi connectivity index (χ3n) is 4.50. The molecule has 2 aromatic rings. The Bertz CT molecular complexity index is 946. The van der Waals surface area contributed by atoms with E-state index in [-0.39, 0.29) is 11.8 Å². The maximum atomic E-state index is 13.0. The van der Waals surface area contributed by atoms with Crippen molar-refractivity contribution in [1.29, 1.82) is 0 Å². The van der Waals surface area contributed by atoms with Gasteiger partial charge in [0.1, 0.15) is 5.75 Å². The van der Waals surface area contributed by atoms with Crippen LogP contribution in [0.2, 0.25) is 0 Å². The van der Waals surface area contributed by atoms with E-state index in [9.17, 15) is 9.59 Å². The Labute approximate surface area is 158 Å². The molecule has 4 rings (SSSR count). The van der Waals surface area contributed by atoms with E-state index in [0.717, 1.165) is 20.6 Å². The van der Waals surface area contributed by atoms with Gasteiger partial charge in [0.25, 0.3) is 11.8 Å². The standard InChI is InChI=1S/C18H15BrN4O3/c1-10-8-12(6-7-14(10)19)23-16-15(20-21-23)17(24)22(18(16)25)11-4-3-5-13(9-11)26-2/h3-9,15-16H,1-2H3/t15-,16+/m1/s1. The van der Waals surface area contributed by atoms with E-state index in [1.54, 1.807) is 24.3 Å². The monoisotopic (exact) mass is 414 g/mol. The molecule has 0 spiro atoms. The van der Waals surface area contributed by atoms with Crippen molar-refractivity contribution in [3.8, 4) is 5.75 Å². The molecule has 132 valence electrons. The largest absolute Gasteiger partial charge is 0.497 e. The van der Waals surface area contributed by atoms with E-state index < -0.39 is 12.1 Å². The van der Waals surface area contributed by atoms with E-state index in [1.165, 1.54) is 12.1 Å². The minimum absolute atomic E-state index is 0.348. The first-order valence-corrected chi connectivity index (χ1v) is 8.78. The van der Waals surface area contributed by atoms with Crippen LogP contribution in [-0.4, -0.2) is 31.0 Å². The topological polar surface area (TPSA) is 74.6 Å². The molecule has 0 radical (unpaired) electrons. The number of imide groups is 1. The summed E-state index contributed by atoms with van der Waals surface area (Å²) in [6, 6.07) is 10.9. The quantitative estimate of drug-likeness (QED) is 0.722. The maximum Gasteiger partial charge on any atom is 0.263 e. The summed E-state index contributed by atoms with van der Waals surface area (Å²) >= 11 is 3.46. The smallest absolute Gasteiger partial charge is 0.263 e. The number of anilines is 2. The molecule has 2 aromatic carbocycles. The average Bonchev–Trinajstić information content (AvgIpc) is 3.18. The van der Waals surface area contributed by atoms with Gasteiger partial charge in [-0.3, -0.25) is 9.59 Å². The predicted molar refractivity (Wildman–Crippen MR) is 99.3 cm³/mol. The molecule has 2 atom stereocenters. The summed E-state index contributed by atoms with van der Waals surface area (Å²) in [7, 11) is 1.54. The lowest BCUT2D eigenvalue weighted by Crippen LogP contribution is -2.39. The Morgan fingerprint density at radius 3 is 2.62 bits per heavy atom. The van der Waals surface area contributed by atoms with Crippen molar-refractivity contribution >= 4 is 39.1 Å². The molecule has 1 saturated heterocycles. The van der Waals surface area contributed by atoms with Gasteiger partial charge in [-0.1, -0.05) is 27.2 Å². The lowest BCUT2D eigenvalue weighted by molar-refractivity contribution is -0.121. The van der Waals surface area contributed by atoms with Crippen LogP contribution >= 0.6 is 15.9 Å². The Morgan fingerprint density at radius 2 is 1.88 bits per heavy atom. The lowest BCUT2D eigenvalue weighted by Gasteiger charge is -2.21. The second kappa shape index (κ2) is 6.21. The van der Waals surface area contributed by atoms with Gasteiger partial charge in [-0.25, -0.2) is 9.91 Å². The second-order valence-electron chi connectivity index (χ2n) is 6.09. The van der Waals surface area contributed by atoms with E-state index in [2.05, 4.69) is 26.3 Å². The van der Waals surface area contributed by atoms with Gasteiger partial charge in [0.2, 0.25) is 0 Å². The van der Waals surface area contributed by atoms with Crippen molar-refractivity contribution in [3.05, 3.63) is 52.5 Å². The lowest BCUT2D eigenvalue weighted by atomic mass is 10.1. The molecule has 2 aliphatic heterocycles. The number of fused-ring (bicyclic) bond motifs is 1. The molecule has 0 N–H and O–H groups in total. The molecule has 0 aromatic heterocycles. The van der Waals surface area contributed by atoms with Crippen LogP contribution in [0.25, 0.3) is 0 Å². The zero-order valence-electron chi connectivity index (χ0n) is 14.1. The van der Waals surface area contributed by atoms with Gasteiger partial charge < -0.3 is 4.74 Å². The first-order valence-electron chi connectivity index (χ1n) is 7.99. The van der Waals surface area contributed by atoms with Crippen LogP contribution in [0.4, 0.5) is 11.4 Å². The molecule has 2 heterocycles. The molecule has 0 aliphatic carbocycles. The number of nitrogens with zero attached hydrogens (tertiary/aromatic N) is 4. The fourth-order valence-electron chi connectivity index (χ4n) is 3.15. The SMILES string of the molecule is COc1cccc(N2C(=O)[C@@H]3[C@@H](N=NN3c3ccc(Br)c(C)c3)C2=O)c1. The minimum Gasteiger partial charge on any atom is -0.497 e. The second-order valence-corrected chi connectivity index (χ2v) is 6.94. The van der Waals surface area contributed by atoms with Crippen LogP contribution < -0.4 is 14.6 Å². The number of hydrogen-bond donors (Lipinski definition) is 0. The normalized spacial score (nSPS) is 21.5. The number of amides is 2. The Kier molecular flexibility index (Phi) is 3.99. The van der Waals surface area contributed by atoms with Crippen molar-refractivity contribution < 1.29 is 14.3 Å². The number of halogens is 1. The zero-order valence-corrected chi connectivity index (χ0v) is 15.7. The summed E-state index contributed by atoms with van der Waals surface area (Å²) in [5.74, 6) is -0.158. The van der Waals surface area contributed by atoms with Crippen LogP contribution in [0.3, 0.4) is 0 Å². The molecule has 1 fully saturated rings. The molecular weight excluding hydrogens is 400 g/mol. The molecule has 7 nitrogen and oxygen atoms in total. The van der Waals surface area contributed by atoms with Gasteiger partial charge in [-0.15, -0.1) is 0 Å². The number of rotatable bonds is 3. The predicted octanol–water partition coefficient (Wildman–Crippen LogP) is 3.26. The summed E-state index contributed by atoms with van der Waals surface area (Å²) in [5, 5.41) is 9.65. The number of hydrogen-bond acceptors (Lipinski definition) is 6. The third kappa shape index (κ3) is 2.48. The third-order valence-corrected chi connectivity index (χ3v) is 5.39. The van der Waals surface area contributed by atoms with E-state index >= 15 is 0 Å². The highest BCUT2D eigenvalue weighted by Gasteiger charge is 2.55. The minimum atomic E-state index is -0.836. The van der Waals surface area contributed by atoms with Gasteiger partial charge in [0.05, 0.1) is 18.5 Å². The molecule has 2 aliphatic rings. The molecule has 0 bridgehead atoms. The van der Waals surface area contributed by atoms with Gasteiger partial charge in [0, 0.05) is 10.5 Å². The number of aryl methyl sites for hydroxylation is 1. The van der Waals surface area contributed by atoms with Gasteiger partial charge in [0.15, 0.2) is 12.1 Å². The van der Waals surface area contributed by atoms with Crippen molar-refractivity contribution in [3.63, 3.8) is 0 Å². The summed E-state index contributed by atoms with van der Waals surface area (Å²) in [5.41, 5.74) is 2.19. The van der Waals surface area contributed by atoms with Gasteiger partial charge in [-0.2, -0.15) is 5.11 Å². The molecular formula is C18H15BrN4O3. The number of carbonyl (C=O) groups excluding carboxylic acids is 2. The van der Waals surface area contributed by atoms with Crippen LogP contribution in [0.15, 0.2) is 57.3 Å². The Hall–Kier alpha value is -2.74. The number of benzene rings is 2. The highest BCUT2D eigenvalue weighted by molar-refractivity contribution is 9.10. The molecule has 26 heavy (non-hydrogen) atoms. The van der Waals surface area contributed by atoms with Crippen molar-refractivity contribution in [2.24, 2.45) is 10.3 Å². The molecule has 0 saturated carbocycles. The first kappa shape index (κ1) is 16.7.